The number of amides is 1. The third kappa shape index (κ3) is 2.70. The SMILES string of the molecule is Cn1cc(CC(=O)N2CCC3(CC(=O)c4ccccc4O3)C2)c2ccccc21. The number of aromatic nitrogens is 1. The van der Waals surface area contributed by atoms with Crippen LogP contribution in [0.1, 0.15) is 28.8 Å². The molecule has 2 aliphatic rings. The van der Waals surface area contributed by atoms with E-state index in [0.717, 1.165) is 16.5 Å². The summed E-state index contributed by atoms with van der Waals surface area (Å²) in [6.45, 7) is 1.09. The first kappa shape index (κ1) is 17.0. The molecule has 1 unspecified atom stereocenters. The molecule has 2 aliphatic heterocycles. The highest BCUT2D eigenvalue weighted by Gasteiger charge is 2.46. The van der Waals surface area contributed by atoms with E-state index >= 15 is 0 Å². The van der Waals surface area contributed by atoms with Crippen molar-refractivity contribution in [1.82, 2.24) is 9.47 Å². The summed E-state index contributed by atoms with van der Waals surface area (Å²) in [5.41, 5.74) is 2.23. The van der Waals surface area contributed by atoms with Crippen molar-refractivity contribution < 1.29 is 14.3 Å². The number of nitrogens with zero attached hydrogens (tertiary/aromatic N) is 2. The van der Waals surface area contributed by atoms with Gasteiger partial charge in [-0.05, 0) is 23.8 Å². The largest absolute Gasteiger partial charge is 0.484 e. The zero-order valence-corrected chi connectivity index (χ0v) is 15.9. The minimum Gasteiger partial charge on any atom is -0.484 e. The zero-order chi connectivity index (χ0) is 19.3. The lowest BCUT2D eigenvalue weighted by atomic mass is 9.89. The molecule has 1 aromatic heterocycles. The molecule has 0 saturated carbocycles. The minimum absolute atomic E-state index is 0.0862. The molecule has 0 N–H and O–H groups in total. The molecule has 5 heteroatoms. The van der Waals surface area contributed by atoms with E-state index in [1.165, 1.54) is 0 Å². The van der Waals surface area contributed by atoms with Gasteiger partial charge in [0.05, 0.1) is 24.9 Å². The smallest absolute Gasteiger partial charge is 0.227 e. The molecular weight excluding hydrogens is 352 g/mol. The fraction of sp³-hybridized carbons (Fsp3) is 0.304. The van der Waals surface area contributed by atoms with E-state index < -0.39 is 5.60 Å². The van der Waals surface area contributed by atoms with Gasteiger partial charge in [0, 0.05) is 37.1 Å². The van der Waals surface area contributed by atoms with Gasteiger partial charge in [-0.25, -0.2) is 0 Å². The van der Waals surface area contributed by atoms with Gasteiger partial charge in [0.25, 0.3) is 0 Å². The fourth-order valence-corrected chi connectivity index (χ4v) is 4.57. The maximum atomic E-state index is 13.0. The molecule has 1 atom stereocenters. The molecule has 3 heterocycles. The Morgan fingerprint density at radius 3 is 2.82 bits per heavy atom. The van der Waals surface area contributed by atoms with Crippen molar-refractivity contribution in [1.29, 1.82) is 0 Å². The number of hydrogen-bond donors (Lipinski definition) is 0. The van der Waals surface area contributed by atoms with Crippen molar-refractivity contribution in [2.75, 3.05) is 13.1 Å². The summed E-state index contributed by atoms with van der Waals surface area (Å²) in [6.07, 6.45) is 3.42. The van der Waals surface area contributed by atoms with Crippen LogP contribution in [0.15, 0.2) is 54.7 Å². The molecule has 3 aromatic rings. The molecular formula is C23H22N2O3. The second-order valence-electron chi connectivity index (χ2n) is 7.91. The van der Waals surface area contributed by atoms with Crippen LogP contribution in [-0.2, 0) is 18.3 Å². The van der Waals surface area contributed by atoms with E-state index in [1.807, 2.05) is 54.5 Å². The first-order chi connectivity index (χ1) is 13.5. The average Bonchev–Trinajstić information content (AvgIpc) is 3.24. The number of ketones is 1. The van der Waals surface area contributed by atoms with E-state index in [0.29, 0.717) is 43.7 Å². The number of carbonyl (C=O) groups excluding carboxylic acids is 2. The van der Waals surface area contributed by atoms with E-state index in [-0.39, 0.29) is 11.7 Å². The molecule has 5 nitrogen and oxygen atoms in total. The maximum Gasteiger partial charge on any atom is 0.227 e. The molecule has 0 radical (unpaired) electrons. The molecule has 2 aromatic carbocycles. The maximum absolute atomic E-state index is 13.0. The summed E-state index contributed by atoms with van der Waals surface area (Å²) in [4.78, 5) is 27.4. The topological polar surface area (TPSA) is 51.5 Å². The predicted molar refractivity (Wildman–Crippen MR) is 107 cm³/mol. The van der Waals surface area contributed by atoms with Crippen LogP contribution in [0.5, 0.6) is 5.75 Å². The van der Waals surface area contributed by atoms with Crippen molar-refractivity contribution in [2.24, 2.45) is 7.05 Å². The van der Waals surface area contributed by atoms with Crippen molar-refractivity contribution in [2.45, 2.75) is 24.9 Å². The summed E-state index contributed by atoms with van der Waals surface area (Å²) in [6, 6.07) is 15.5. The number of benzene rings is 2. The summed E-state index contributed by atoms with van der Waals surface area (Å²) in [5.74, 6) is 0.829. The molecule has 1 spiro atoms. The Morgan fingerprint density at radius 2 is 1.93 bits per heavy atom. The number of hydrogen-bond acceptors (Lipinski definition) is 3. The van der Waals surface area contributed by atoms with Crippen molar-refractivity contribution in [3.63, 3.8) is 0 Å². The van der Waals surface area contributed by atoms with Crippen LogP contribution >= 0.6 is 0 Å². The van der Waals surface area contributed by atoms with Gasteiger partial charge < -0.3 is 14.2 Å². The minimum atomic E-state index is -0.583. The number of likely N-dealkylation sites (tertiary alicyclic amines) is 1. The predicted octanol–water partition coefficient (Wildman–Crippen LogP) is 3.36. The number of fused-ring (bicyclic) bond motifs is 2. The van der Waals surface area contributed by atoms with Crippen LogP contribution < -0.4 is 4.74 Å². The highest BCUT2D eigenvalue weighted by molar-refractivity contribution is 6.00. The van der Waals surface area contributed by atoms with E-state index in [1.54, 1.807) is 0 Å². The van der Waals surface area contributed by atoms with Gasteiger partial charge in [-0.3, -0.25) is 9.59 Å². The van der Waals surface area contributed by atoms with Crippen LogP contribution in [0.25, 0.3) is 10.9 Å². The Morgan fingerprint density at radius 1 is 1.14 bits per heavy atom. The molecule has 1 amide bonds. The molecule has 0 bridgehead atoms. The van der Waals surface area contributed by atoms with Gasteiger partial charge in [-0.2, -0.15) is 0 Å². The molecule has 28 heavy (non-hydrogen) atoms. The first-order valence-corrected chi connectivity index (χ1v) is 9.67. The van der Waals surface area contributed by atoms with E-state index in [4.69, 9.17) is 4.74 Å². The quantitative estimate of drug-likeness (QED) is 0.691. The van der Waals surface area contributed by atoms with Gasteiger partial charge in [0.1, 0.15) is 11.4 Å². The van der Waals surface area contributed by atoms with Crippen molar-refractivity contribution in [3.8, 4) is 5.75 Å². The molecule has 5 rings (SSSR count). The molecule has 142 valence electrons. The molecule has 1 fully saturated rings. The number of ether oxygens (including phenoxy) is 1. The second-order valence-corrected chi connectivity index (χ2v) is 7.91. The number of carbonyl (C=O) groups is 2. The number of aryl methyl sites for hydroxylation is 1. The third-order valence-electron chi connectivity index (χ3n) is 5.99. The molecule has 0 aliphatic carbocycles. The highest BCUT2D eigenvalue weighted by atomic mass is 16.5. The highest BCUT2D eigenvalue weighted by Crippen LogP contribution is 2.38. The van der Waals surface area contributed by atoms with Crippen LogP contribution in [0.2, 0.25) is 0 Å². The summed E-state index contributed by atoms with van der Waals surface area (Å²) >= 11 is 0. The summed E-state index contributed by atoms with van der Waals surface area (Å²) < 4.78 is 8.30. The third-order valence-corrected chi connectivity index (χ3v) is 5.99. The lowest BCUT2D eigenvalue weighted by Gasteiger charge is -2.34. The molecule has 1 saturated heterocycles. The lowest BCUT2D eigenvalue weighted by molar-refractivity contribution is -0.130. The Balaban J connectivity index is 1.35. The zero-order valence-electron chi connectivity index (χ0n) is 15.9. The normalized spacial score (nSPS) is 21.2. The van der Waals surface area contributed by atoms with Crippen LogP contribution in [0.4, 0.5) is 0 Å². The van der Waals surface area contributed by atoms with Gasteiger partial charge in [-0.15, -0.1) is 0 Å². The van der Waals surface area contributed by atoms with E-state index in [9.17, 15) is 9.59 Å². The Hall–Kier alpha value is -3.08. The summed E-state index contributed by atoms with van der Waals surface area (Å²) in [5, 5.41) is 1.12. The van der Waals surface area contributed by atoms with Gasteiger partial charge >= 0.3 is 0 Å². The first-order valence-electron chi connectivity index (χ1n) is 9.67. The average molecular weight is 374 g/mol. The van der Waals surface area contributed by atoms with Crippen molar-refractivity contribution in [3.05, 3.63) is 65.9 Å². The summed E-state index contributed by atoms with van der Waals surface area (Å²) in [7, 11) is 2.00. The van der Waals surface area contributed by atoms with Crippen LogP contribution in [-0.4, -0.2) is 39.8 Å². The number of Topliss-reactive ketones (excluding diaryl/α,β-unsaturated/α-hetero) is 1. The van der Waals surface area contributed by atoms with Gasteiger partial charge in [-0.1, -0.05) is 30.3 Å². The Bertz CT molecular complexity index is 1100. The van der Waals surface area contributed by atoms with Crippen molar-refractivity contribution >= 4 is 22.6 Å². The second kappa shape index (κ2) is 6.23. The fourth-order valence-electron chi connectivity index (χ4n) is 4.57. The Labute approximate surface area is 163 Å². The standard InChI is InChI=1S/C23H22N2O3/c1-24-14-16(17-6-2-4-8-19(17)24)12-22(27)25-11-10-23(15-25)13-20(26)18-7-3-5-9-21(18)28-23/h2-9,14H,10-13,15H2,1H3. The van der Waals surface area contributed by atoms with Gasteiger partial charge in [0.2, 0.25) is 5.91 Å². The monoisotopic (exact) mass is 374 g/mol. The number of rotatable bonds is 2. The van der Waals surface area contributed by atoms with E-state index in [2.05, 4.69) is 16.7 Å². The van der Waals surface area contributed by atoms with Crippen LogP contribution in [0.3, 0.4) is 0 Å². The number of para-hydroxylation sites is 2. The van der Waals surface area contributed by atoms with Gasteiger partial charge in [0.15, 0.2) is 5.78 Å². The lowest BCUT2D eigenvalue weighted by Crippen LogP contribution is -2.45. The van der Waals surface area contributed by atoms with Crippen LogP contribution in [0, 0.1) is 0 Å². The Kier molecular flexibility index (Phi) is 3.79.